The lowest BCUT2D eigenvalue weighted by molar-refractivity contribution is -0.903. The monoisotopic (exact) mass is 191 g/mol. The Bertz CT molecular complexity index is 510. The summed E-state index contributed by atoms with van der Waals surface area (Å²) >= 11 is 0. The minimum absolute atomic E-state index is 0.0173. The molecule has 0 bridgehead atoms. The molecule has 2 aromatic rings. The third-order valence-electron chi connectivity index (χ3n) is 1.96. The molecular formula is C9H7N2O3+. The highest BCUT2D eigenvalue weighted by Crippen LogP contribution is 2.18. The molecule has 5 heteroatoms. The van der Waals surface area contributed by atoms with Crippen LogP contribution < -0.4 is 4.73 Å². The van der Waals surface area contributed by atoms with E-state index in [0.29, 0.717) is 5.39 Å². The van der Waals surface area contributed by atoms with Crippen molar-refractivity contribution in [2.45, 2.75) is 0 Å². The van der Waals surface area contributed by atoms with Crippen LogP contribution in [0, 0.1) is 10.1 Å². The SMILES string of the molecule is O=[N+]([O-])c1ccc2cc[n+](O)cc2c1. The number of fused-ring (bicyclic) bond motifs is 1. The first-order valence-corrected chi connectivity index (χ1v) is 3.95. The van der Waals surface area contributed by atoms with Gasteiger partial charge in [-0.3, -0.25) is 15.3 Å². The summed E-state index contributed by atoms with van der Waals surface area (Å²) in [4.78, 5) is 10.0. The highest BCUT2D eigenvalue weighted by Gasteiger charge is 2.08. The van der Waals surface area contributed by atoms with E-state index >= 15 is 0 Å². The van der Waals surface area contributed by atoms with E-state index < -0.39 is 4.92 Å². The second kappa shape index (κ2) is 2.95. The normalized spacial score (nSPS) is 10.3. The molecule has 0 amide bonds. The van der Waals surface area contributed by atoms with Crippen LogP contribution in [0.2, 0.25) is 0 Å². The van der Waals surface area contributed by atoms with Crippen molar-refractivity contribution in [1.82, 2.24) is 0 Å². The van der Waals surface area contributed by atoms with Crippen LogP contribution in [-0.4, -0.2) is 10.1 Å². The number of non-ortho nitro benzene ring substituents is 1. The van der Waals surface area contributed by atoms with Crippen molar-refractivity contribution in [3.8, 4) is 0 Å². The van der Waals surface area contributed by atoms with Crippen LogP contribution in [0.25, 0.3) is 10.8 Å². The molecule has 2 rings (SSSR count). The highest BCUT2D eigenvalue weighted by molar-refractivity contribution is 5.82. The number of nitrogens with zero attached hydrogens (tertiary/aromatic N) is 2. The van der Waals surface area contributed by atoms with E-state index in [-0.39, 0.29) is 5.69 Å². The largest absolute Gasteiger partial charge is 0.285 e. The van der Waals surface area contributed by atoms with Crippen molar-refractivity contribution < 1.29 is 14.9 Å². The molecule has 0 radical (unpaired) electrons. The average molecular weight is 191 g/mol. The van der Waals surface area contributed by atoms with Crippen molar-refractivity contribution in [2.24, 2.45) is 0 Å². The van der Waals surface area contributed by atoms with Gasteiger partial charge < -0.3 is 0 Å². The fourth-order valence-corrected chi connectivity index (χ4v) is 1.28. The van der Waals surface area contributed by atoms with E-state index in [9.17, 15) is 10.1 Å². The molecule has 0 saturated carbocycles. The lowest BCUT2D eigenvalue weighted by Crippen LogP contribution is -2.27. The Morgan fingerprint density at radius 3 is 2.79 bits per heavy atom. The Morgan fingerprint density at radius 2 is 2.07 bits per heavy atom. The molecule has 0 aliphatic rings. The predicted molar refractivity (Wildman–Crippen MR) is 48.0 cm³/mol. The molecule has 1 N–H and O–H groups in total. The molecule has 70 valence electrons. The van der Waals surface area contributed by atoms with E-state index in [2.05, 4.69) is 0 Å². The van der Waals surface area contributed by atoms with Gasteiger partial charge in [0.05, 0.1) is 10.3 Å². The maximum Gasteiger partial charge on any atom is 0.270 e. The molecule has 0 fully saturated rings. The van der Waals surface area contributed by atoms with Gasteiger partial charge in [-0.05, 0) is 11.5 Å². The van der Waals surface area contributed by atoms with Gasteiger partial charge in [0.2, 0.25) is 12.4 Å². The summed E-state index contributed by atoms with van der Waals surface area (Å²) in [5.41, 5.74) is 0.0173. The van der Waals surface area contributed by atoms with E-state index in [1.165, 1.54) is 24.5 Å². The summed E-state index contributed by atoms with van der Waals surface area (Å²) in [6, 6.07) is 6.18. The Labute approximate surface area is 78.9 Å². The molecule has 0 unspecified atom stereocenters. The minimum atomic E-state index is -0.464. The van der Waals surface area contributed by atoms with Gasteiger partial charge in [0.25, 0.3) is 5.69 Å². The first-order chi connectivity index (χ1) is 6.66. The molecule has 0 saturated heterocycles. The van der Waals surface area contributed by atoms with Gasteiger partial charge in [-0.15, -0.1) is 0 Å². The summed E-state index contributed by atoms with van der Waals surface area (Å²) in [7, 11) is 0. The molecule has 1 aromatic heterocycles. The van der Waals surface area contributed by atoms with Gasteiger partial charge in [-0.1, -0.05) is 0 Å². The Morgan fingerprint density at radius 1 is 1.29 bits per heavy atom. The molecule has 14 heavy (non-hydrogen) atoms. The van der Waals surface area contributed by atoms with Gasteiger partial charge in [0.15, 0.2) is 0 Å². The first kappa shape index (κ1) is 8.43. The number of aromatic nitrogens is 1. The second-order valence-electron chi connectivity index (χ2n) is 2.90. The molecule has 1 aromatic carbocycles. The van der Waals surface area contributed by atoms with Crippen LogP contribution in [0.1, 0.15) is 0 Å². The standard InChI is InChI=1S/C9H7N2O3/c12-10-4-3-7-1-2-9(11(13)14)5-8(7)6-10/h1-6,12H/q+1. The number of hydrogen-bond donors (Lipinski definition) is 1. The molecule has 0 aliphatic carbocycles. The lowest BCUT2D eigenvalue weighted by atomic mass is 10.1. The van der Waals surface area contributed by atoms with E-state index in [4.69, 9.17) is 5.21 Å². The molecule has 5 nitrogen and oxygen atoms in total. The van der Waals surface area contributed by atoms with Crippen LogP contribution in [0.15, 0.2) is 36.7 Å². The molecule has 0 spiro atoms. The Kier molecular flexibility index (Phi) is 1.78. The fraction of sp³-hybridized carbons (Fsp3) is 0. The zero-order valence-electron chi connectivity index (χ0n) is 7.12. The van der Waals surface area contributed by atoms with Gasteiger partial charge in [-0.2, -0.15) is 0 Å². The summed E-state index contributed by atoms with van der Waals surface area (Å²) in [5.74, 6) is 0. The predicted octanol–water partition coefficient (Wildman–Crippen LogP) is 1.27. The topological polar surface area (TPSA) is 67.2 Å². The van der Waals surface area contributed by atoms with Crippen molar-refractivity contribution in [1.29, 1.82) is 0 Å². The van der Waals surface area contributed by atoms with Crippen LogP contribution >= 0.6 is 0 Å². The van der Waals surface area contributed by atoms with Crippen molar-refractivity contribution in [3.63, 3.8) is 0 Å². The Balaban J connectivity index is 2.69. The number of nitro groups is 1. The number of rotatable bonds is 1. The smallest absolute Gasteiger partial charge is 0.270 e. The van der Waals surface area contributed by atoms with Gasteiger partial charge in [0, 0.05) is 22.9 Å². The van der Waals surface area contributed by atoms with E-state index in [0.717, 1.165) is 10.1 Å². The first-order valence-electron chi connectivity index (χ1n) is 3.95. The number of hydrogen-bond acceptors (Lipinski definition) is 3. The second-order valence-corrected chi connectivity index (χ2v) is 2.90. The quantitative estimate of drug-likeness (QED) is 0.319. The zero-order valence-corrected chi connectivity index (χ0v) is 7.12. The summed E-state index contributed by atoms with van der Waals surface area (Å²) < 4.78 is 0.867. The number of pyridine rings is 1. The molecule has 0 atom stereocenters. The zero-order chi connectivity index (χ0) is 10.1. The van der Waals surface area contributed by atoms with E-state index in [1.54, 1.807) is 12.1 Å². The van der Waals surface area contributed by atoms with Crippen LogP contribution in [0.4, 0.5) is 5.69 Å². The summed E-state index contributed by atoms with van der Waals surface area (Å²) in [6.07, 6.45) is 2.89. The molecule has 1 heterocycles. The lowest BCUT2D eigenvalue weighted by Gasteiger charge is -1.94. The number of benzene rings is 1. The van der Waals surface area contributed by atoms with Crippen molar-refractivity contribution in [2.75, 3.05) is 0 Å². The van der Waals surface area contributed by atoms with Crippen LogP contribution in [0.5, 0.6) is 0 Å². The summed E-state index contributed by atoms with van der Waals surface area (Å²) in [5, 5.41) is 21.0. The third-order valence-corrected chi connectivity index (χ3v) is 1.96. The van der Waals surface area contributed by atoms with Crippen molar-refractivity contribution in [3.05, 3.63) is 46.8 Å². The van der Waals surface area contributed by atoms with Crippen LogP contribution in [0.3, 0.4) is 0 Å². The number of nitro benzene ring substituents is 1. The van der Waals surface area contributed by atoms with E-state index in [1.807, 2.05) is 0 Å². The van der Waals surface area contributed by atoms with Gasteiger partial charge in [-0.25, -0.2) is 0 Å². The third kappa shape index (κ3) is 1.35. The highest BCUT2D eigenvalue weighted by atomic mass is 16.6. The van der Waals surface area contributed by atoms with Gasteiger partial charge in [0.1, 0.15) is 0 Å². The molecule has 0 aliphatic heterocycles. The summed E-state index contributed by atoms with van der Waals surface area (Å²) in [6.45, 7) is 0. The Hall–Kier alpha value is -2.17. The van der Waals surface area contributed by atoms with Crippen molar-refractivity contribution >= 4 is 16.5 Å². The van der Waals surface area contributed by atoms with Gasteiger partial charge >= 0.3 is 0 Å². The maximum atomic E-state index is 10.5. The van der Waals surface area contributed by atoms with Crippen LogP contribution in [-0.2, 0) is 0 Å². The minimum Gasteiger partial charge on any atom is -0.285 e. The maximum absolute atomic E-state index is 10.5. The molecular weight excluding hydrogens is 184 g/mol. The fourth-order valence-electron chi connectivity index (χ4n) is 1.28. The average Bonchev–Trinajstić information content (AvgIpc) is 2.16.